The Hall–Kier alpha value is -0.0800. The van der Waals surface area contributed by atoms with E-state index in [1.807, 2.05) is 0 Å². The molecule has 2 aliphatic heterocycles. The van der Waals surface area contributed by atoms with Crippen LogP contribution >= 0.6 is 0 Å². The molecule has 0 aromatic rings. The molecule has 2 atom stereocenters. The van der Waals surface area contributed by atoms with Crippen molar-refractivity contribution in [2.75, 3.05) is 32.7 Å². The van der Waals surface area contributed by atoms with E-state index in [-0.39, 0.29) is 0 Å². The first-order valence-electron chi connectivity index (χ1n) is 6.67. The Morgan fingerprint density at radius 3 is 2.87 bits per heavy atom. The van der Waals surface area contributed by atoms with E-state index in [0.29, 0.717) is 5.41 Å². The summed E-state index contributed by atoms with van der Waals surface area (Å²) in [6.07, 6.45) is 5.55. The minimum Gasteiger partial charge on any atom is -0.316 e. The largest absolute Gasteiger partial charge is 0.316 e. The van der Waals surface area contributed by atoms with Crippen molar-refractivity contribution in [3.8, 4) is 0 Å². The van der Waals surface area contributed by atoms with E-state index in [2.05, 4.69) is 24.1 Å². The van der Waals surface area contributed by atoms with Gasteiger partial charge in [0.2, 0.25) is 0 Å². The number of rotatable bonds is 4. The summed E-state index contributed by atoms with van der Waals surface area (Å²) in [4.78, 5) is 2.70. The van der Waals surface area contributed by atoms with Crippen LogP contribution in [0.3, 0.4) is 0 Å². The lowest BCUT2D eigenvalue weighted by Gasteiger charge is -2.32. The van der Waals surface area contributed by atoms with Crippen LogP contribution in [0.1, 0.15) is 39.5 Å². The maximum atomic E-state index is 3.56. The molecule has 0 radical (unpaired) electrons. The van der Waals surface area contributed by atoms with Gasteiger partial charge in [-0.25, -0.2) is 0 Å². The maximum absolute atomic E-state index is 3.56. The van der Waals surface area contributed by atoms with Crippen LogP contribution < -0.4 is 5.32 Å². The van der Waals surface area contributed by atoms with E-state index in [0.717, 1.165) is 5.92 Å². The van der Waals surface area contributed by atoms with Crippen LogP contribution in [0.25, 0.3) is 0 Å². The second-order valence-electron chi connectivity index (χ2n) is 5.81. The van der Waals surface area contributed by atoms with Crippen molar-refractivity contribution in [3.05, 3.63) is 0 Å². The first kappa shape index (κ1) is 11.4. The highest BCUT2D eigenvalue weighted by Crippen LogP contribution is 2.33. The van der Waals surface area contributed by atoms with Crippen LogP contribution in [0.4, 0.5) is 0 Å². The Morgan fingerprint density at radius 1 is 1.47 bits per heavy atom. The highest BCUT2D eigenvalue weighted by molar-refractivity contribution is 4.91. The van der Waals surface area contributed by atoms with Crippen LogP contribution in [0, 0.1) is 11.3 Å². The Bertz CT molecular complexity index is 197. The van der Waals surface area contributed by atoms with E-state index in [1.165, 1.54) is 58.4 Å². The third-order valence-corrected chi connectivity index (χ3v) is 4.18. The highest BCUT2D eigenvalue weighted by atomic mass is 15.2. The fourth-order valence-electron chi connectivity index (χ4n) is 3.40. The fourth-order valence-corrected chi connectivity index (χ4v) is 3.40. The molecule has 2 saturated heterocycles. The number of nitrogens with one attached hydrogen (secondary N) is 1. The summed E-state index contributed by atoms with van der Waals surface area (Å²) < 4.78 is 0. The first-order valence-corrected chi connectivity index (χ1v) is 6.67. The summed E-state index contributed by atoms with van der Waals surface area (Å²) in [6, 6.07) is 0. The minimum absolute atomic E-state index is 0.610. The van der Waals surface area contributed by atoms with Gasteiger partial charge in [0.25, 0.3) is 0 Å². The van der Waals surface area contributed by atoms with E-state index in [1.54, 1.807) is 0 Å². The summed E-state index contributed by atoms with van der Waals surface area (Å²) in [5.41, 5.74) is 0.610. The molecule has 2 unspecified atom stereocenters. The van der Waals surface area contributed by atoms with Crippen LogP contribution in [0.15, 0.2) is 0 Å². The molecule has 0 aromatic carbocycles. The molecule has 1 N–H and O–H groups in total. The second kappa shape index (κ2) is 4.84. The molecule has 0 amide bonds. The molecular formula is C13H26N2. The van der Waals surface area contributed by atoms with Crippen molar-refractivity contribution in [1.82, 2.24) is 10.2 Å². The monoisotopic (exact) mass is 210 g/mol. The molecule has 88 valence electrons. The number of likely N-dealkylation sites (tertiary alicyclic amines) is 1. The van der Waals surface area contributed by atoms with E-state index < -0.39 is 0 Å². The molecule has 0 aliphatic carbocycles. The molecule has 15 heavy (non-hydrogen) atoms. The quantitative estimate of drug-likeness (QED) is 0.764. The van der Waals surface area contributed by atoms with Crippen molar-refractivity contribution in [2.24, 2.45) is 11.3 Å². The van der Waals surface area contributed by atoms with Crippen molar-refractivity contribution in [3.63, 3.8) is 0 Å². The number of nitrogens with zero attached hydrogens (tertiary/aromatic N) is 1. The lowest BCUT2D eigenvalue weighted by molar-refractivity contribution is 0.174. The van der Waals surface area contributed by atoms with Crippen molar-refractivity contribution < 1.29 is 0 Å². The van der Waals surface area contributed by atoms with Gasteiger partial charge in [-0.05, 0) is 43.7 Å². The molecule has 2 nitrogen and oxygen atoms in total. The van der Waals surface area contributed by atoms with Crippen molar-refractivity contribution >= 4 is 0 Å². The summed E-state index contributed by atoms with van der Waals surface area (Å²) in [5, 5.41) is 3.56. The van der Waals surface area contributed by atoms with Crippen molar-refractivity contribution in [2.45, 2.75) is 39.5 Å². The zero-order valence-corrected chi connectivity index (χ0v) is 10.4. The molecular weight excluding hydrogens is 184 g/mol. The van der Waals surface area contributed by atoms with E-state index in [9.17, 15) is 0 Å². The van der Waals surface area contributed by atoms with E-state index in [4.69, 9.17) is 0 Å². The van der Waals surface area contributed by atoms with Gasteiger partial charge in [-0.2, -0.15) is 0 Å². The smallest absolute Gasteiger partial charge is 0.00507 e. The molecule has 2 rings (SSSR count). The molecule has 2 heteroatoms. The summed E-state index contributed by atoms with van der Waals surface area (Å²) in [7, 11) is 0. The van der Waals surface area contributed by atoms with Gasteiger partial charge in [-0.3, -0.25) is 0 Å². The van der Waals surface area contributed by atoms with Gasteiger partial charge < -0.3 is 10.2 Å². The Labute approximate surface area is 94.4 Å². The Balaban J connectivity index is 1.89. The fraction of sp³-hybridized carbons (Fsp3) is 1.00. The summed E-state index contributed by atoms with van der Waals surface area (Å²) >= 11 is 0. The summed E-state index contributed by atoms with van der Waals surface area (Å²) in [6.45, 7) is 11.2. The average molecular weight is 210 g/mol. The molecule has 0 bridgehead atoms. The van der Waals surface area contributed by atoms with Gasteiger partial charge in [-0.1, -0.05) is 20.3 Å². The van der Waals surface area contributed by atoms with Gasteiger partial charge >= 0.3 is 0 Å². The standard InChI is InChI=1S/C13H26N2/c1-3-5-13(6-7-14-10-13)11-15-8-4-12(2)9-15/h12,14H,3-11H2,1-2H3. The molecule has 2 fully saturated rings. The van der Waals surface area contributed by atoms with Crippen molar-refractivity contribution in [1.29, 1.82) is 0 Å². The van der Waals surface area contributed by atoms with Crippen LogP contribution in [-0.4, -0.2) is 37.6 Å². The average Bonchev–Trinajstić information content (AvgIpc) is 2.78. The predicted molar refractivity (Wildman–Crippen MR) is 65.0 cm³/mol. The topological polar surface area (TPSA) is 15.3 Å². The highest BCUT2D eigenvalue weighted by Gasteiger charge is 2.35. The zero-order chi connectivity index (χ0) is 10.7. The summed E-state index contributed by atoms with van der Waals surface area (Å²) in [5.74, 6) is 0.929. The molecule has 2 aliphatic rings. The SMILES string of the molecule is CCCC1(CN2CCC(C)C2)CCNC1. The van der Waals surface area contributed by atoms with E-state index >= 15 is 0 Å². The second-order valence-corrected chi connectivity index (χ2v) is 5.81. The molecule has 0 saturated carbocycles. The van der Waals surface area contributed by atoms with Gasteiger partial charge in [0.05, 0.1) is 0 Å². The molecule has 0 spiro atoms. The Kier molecular flexibility index (Phi) is 3.68. The number of hydrogen-bond acceptors (Lipinski definition) is 2. The van der Waals surface area contributed by atoms with Gasteiger partial charge in [0.1, 0.15) is 0 Å². The third-order valence-electron chi connectivity index (χ3n) is 4.18. The molecule has 0 aromatic heterocycles. The van der Waals surface area contributed by atoms with Gasteiger partial charge in [0.15, 0.2) is 0 Å². The lowest BCUT2D eigenvalue weighted by Crippen LogP contribution is -2.38. The van der Waals surface area contributed by atoms with Crippen LogP contribution in [0.5, 0.6) is 0 Å². The third kappa shape index (κ3) is 2.73. The van der Waals surface area contributed by atoms with Crippen LogP contribution in [0.2, 0.25) is 0 Å². The van der Waals surface area contributed by atoms with Gasteiger partial charge in [-0.15, -0.1) is 0 Å². The zero-order valence-electron chi connectivity index (χ0n) is 10.4. The van der Waals surface area contributed by atoms with Crippen LogP contribution in [-0.2, 0) is 0 Å². The number of hydrogen-bond donors (Lipinski definition) is 1. The lowest BCUT2D eigenvalue weighted by atomic mass is 9.82. The van der Waals surface area contributed by atoms with Gasteiger partial charge in [0, 0.05) is 19.6 Å². The molecule has 2 heterocycles. The Morgan fingerprint density at radius 2 is 2.33 bits per heavy atom. The predicted octanol–water partition coefficient (Wildman–Crippen LogP) is 2.11. The minimum atomic E-state index is 0.610. The first-order chi connectivity index (χ1) is 7.24. The maximum Gasteiger partial charge on any atom is 0.00507 e. The normalized spacial score (nSPS) is 37.6.